The van der Waals surface area contributed by atoms with E-state index in [2.05, 4.69) is 15.3 Å². The highest BCUT2D eigenvalue weighted by Gasteiger charge is 2.25. The summed E-state index contributed by atoms with van der Waals surface area (Å²) in [4.78, 5) is 8.52. The zero-order valence-corrected chi connectivity index (χ0v) is 12.6. The van der Waals surface area contributed by atoms with Gasteiger partial charge in [-0.2, -0.15) is 0 Å². The summed E-state index contributed by atoms with van der Waals surface area (Å²) in [5.74, 6) is 0.500. The van der Waals surface area contributed by atoms with E-state index in [9.17, 15) is 5.11 Å². The minimum Gasteiger partial charge on any atom is -0.384 e. The number of hydrogen-bond donors (Lipinski definition) is 2. The van der Waals surface area contributed by atoms with Crippen LogP contribution in [0.4, 0.5) is 5.95 Å². The molecule has 2 rings (SSSR count). The van der Waals surface area contributed by atoms with Crippen LogP contribution in [0.1, 0.15) is 23.7 Å². The number of rotatable bonds is 4. The van der Waals surface area contributed by atoms with Crippen LogP contribution in [0.3, 0.4) is 0 Å². The Morgan fingerprint density at radius 2 is 2.00 bits per heavy atom. The van der Waals surface area contributed by atoms with Crippen molar-refractivity contribution in [2.24, 2.45) is 0 Å². The van der Waals surface area contributed by atoms with Crippen LogP contribution in [0.2, 0.25) is 5.02 Å². The molecule has 1 atom stereocenters. The number of halogens is 1. The van der Waals surface area contributed by atoms with Crippen molar-refractivity contribution in [2.45, 2.75) is 26.4 Å². The molecule has 0 saturated heterocycles. The molecule has 1 aromatic carbocycles. The van der Waals surface area contributed by atoms with Gasteiger partial charge in [0.2, 0.25) is 5.95 Å². The number of benzene rings is 1. The number of hydrogen-bond acceptors (Lipinski definition) is 4. The maximum absolute atomic E-state index is 10.5. The van der Waals surface area contributed by atoms with Crippen LogP contribution in [0.5, 0.6) is 0 Å². The predicted molar refractivity (Wildman–Crippen MR) is 81.0 cm³/mol. The standard InChI is InChI=1S/C15H18ClN3O/c1-10-8-17-14(19-11(10)2)18-9-15(3,20)12-6-4-5-7-13(12)16/h4-8,20H,9H2,1-3H3,(H,17,18,19). The Hall–Kier alpha value is -1.65. The maximum Gasteiger partial charge on any atom is 0.222 e. The number of nitrogens with one attached hydrogen (secondary N) is 1. The lowest BCUT2D eigenvalue weighted by atomic mass is 9.96. The van der Waals surface area contributed by atoms with Gasteiger partial charge >= 0.3 is 0 Å². The Morgan fingerprint density at radius 1 is 1.30 bits per heavy atom. The van der Waals surface area contributed by atoms with Crippen molar-refractivity contribution < 1.29 is 5.11 Å². The van der Waals surface area contributed by atoms with Crippen molar-refractivity contribution in [3.05, 3.63) is 52.3 Å². The zero-order chi connectivity index (χ0) is 14.8. The van der Waals surface area contributed by atoms with E-state index in [4.69, 9.17) is 11.6 Å². The molecular formula is C15H18ClN3O. The van der Waals surface area contributed by atoms with Crippen LogP contribution in [-0.4, -0.2) is 21.6 Å². The van der Waals surface area contributed by atoms with Gasteiger partial charge in [-0.15, -0.1) is 0 Å². The Kier molecular flexibility index (Phi) is 4.26. The van der Waals surface area contributed by atoms with E-state index in [1.807, 2.05) is 32.0 Å². The Morgan fingerprint density at radius 3 is 2.65 bits per heavy atom. The van der Waals surface area contributed by atoms with Gasteiger partial charge in [-0.1, -0.05) is 29.8 Å². The predicted octanol–water partition coefficient (Wildman–Crippen LogP) is 3.07. The summed E-state index contributed by atoms with van der Waals surface area (Å²) in [6.07, 6.45) is 1.76. The fourth-order valence-electron chi connectivity index (χ4n) is 1.86. The minimum atomic E-state index is -1.10. The zero-order valence-electron chi connectivity index (χ0n) is 11.8. The van der Waals surface area contributed by atoms with Crippen LogP contribution in [0.15, 0.2) is 30.5 Å². The van der Waals surface area contributed by atoms with Gasteiger partial charge in [-0.05, 0) is 32.4 Å². The fraction of sp³-hybridized carbons (Fsp3) is 0.333. The molecule has 1 heterocycles. The van der Waals surface area contributed by atoms with Crippen LogP contribution in [-0.2, 0) is 5.60 Å². The molecule has 106 valence electrons. The smallest absolute Gasteiger partial charge is 0.222 e. The van der Waals surface area contributed by atoms with Crippen molar-refractivity contribution in [2.75, 3.05) is 11.9 Å². The fourth-order valence-corrected chi connectivity index (χ4v) is 2.20. The normalized spacial score (nSPS) is 13.8. The third-order valence-corrected chi connectivity index (χ3v) is 3.60. The lowest BCUT2D eigenvalue weighted by Crippen LogP contribution is -2.31. The van der Waals surface area contributed by atoms with Gasteiger partial charge in [0, 0.05) is 22.5 Å². The van der Waals surface area contributed by atoms with Crippen molar-refractivity contribution in [1.82, 2.24) is 9.97 Å². The van der Waals surface area contributed by atoms with Crippen molar-refractivity contribution in [3.63, 3.8) is 0 Å². The summed E-state index contributed by atoms with van der Waals surface area (Å²) in [6.45, 7) is 5.87. The highest BCUT2D eigenvalue weighted by molar-refractivity contribution is 6.31. The second kappa shape index (κ2) is 5.77. The number of anilines is 1. The lowest BCUT2D eigenvalue weighted by Gasteiger charge is -2.25. The molecule has 2 aromatic rings. The summed E-state index contributed by atoms with van der Waals surface area (Å²) in [7, 11) is 0. The lowest BCUT2D eigenvalue weighted by molar-refractivity contribution is 0.0714. The van der Waals surface area contributed by atoms with Gasteiger partial charge in [-0.3, -0.25) is 0 Å². The van der Waals surface area contributed by atoms with E-state index in [1.54, 1.807) is 19.2 Å². The monoisotopic (exact) mass is 291 g/mol. The van der Waals surface area contributed by atoms with Gasteiger partial charge < -0.3 is 10.4 Å². The topological polar surface area (TPSA) is 58.0 Å². The summed E-state index contributed by atoms with van der Waals surface area (Å²) in [5, 5.41) is 14.1. The Balaban J connectivity index is 2.13. The van der Waals surface area contributed by atoms with E-state index >= 15 is 0 Å². The van der Waals surface area contributed by atoms with Crippen LogP contribution < -0.4 is 5.32 Å². The molecule has 2 N–H and O–H groups in total. The Bertz CT molecular complexity index is 614. The third-order valence-electron chi connectivity index (χ3n) is 3.27. The average molecular weight is 292 g/mol. The summed E-state index contributed by atoms with van der Waals surface area (Å²) in [5.41, 5.74) is 1.53. The first kappa shape index (κ1) is 14.8. The van der Waals surface area contributed by atoms with Crippen molar-refractivity contribution in [3.8, 4) is 0 Å². The number of aliphatic hydroxyl groups is 1. The molecule has 0 radical (unpaired) electrons. The summed E-state index contributed by atoms with van der Waals surface area (Å²) < 4.78 is 0. The van der Waals surface area contributed by atoms with Crippen molar-refractivity contribution in [1.29, 1.82) is 0 Å². The maximum atomic E-state index is 10.5. The molecule has 0 aliphatic heterocycles. The first-order valence-electron chi connectivity index (χ1n) is 6.41. The number of nitrogens with zero attached hydrogens (tertiary/aromatic N) is 2. The number of aryl methyl sites for hydroxylation is 2. The average Bonchev–Trinajstić information content (AvgIpc) is 2.40. The summed E-state index contributed by atoms with van der Waals surface area (Å²) in [6, 6.07) is 7.26. The highest BCUT2D eigenvalue weighted by Crippen LogP contribution is 2.27. The molecule has 0 fully saturated rings. The minimum absolute atomic E-state index is 0.277. The van der Waals surface area contributed by atoms with Crippen LogP contribution >= 0.6 is 11.6 Å². The molecule has 1 aromatic heterocycles. The molecular weight excluding hydrogens is 274 g/mol. The van der Waals surface area contributed by atoms with E-state index in [0.29, 0.717) is 16.5 Å². The van der Waals surface area contributed by atoms with E-state index in [-0.39, 0.29) is 6.54 Å². The summed E-state index contributed by atoms with van der Waals surface area (Å²) >= 11 is 6.12. The largest absolute Gasteiger partial charge is 0.384 e. The molecule has 0 bridgehead atoms. The van der Waals surface area contributed by atoms with Gasteiger partial charge in [-0.25, -0.2) is 9.97 Å². The van der Waals surface area contributed by atoms with Crippen molar-refractivity contribution >= 4 is 17.5 Å². The molecule has 0 aliphatic carbocycles. The Labute approximate surface area is 123 Å². The van der Waals surface area contributed by atoms with Gasteiger partial charge in [0.15, 0.2) is 0 Å². The number of aromatic nitrogens is 2. The first-order chi connectivity index (χ1) is 9.40. The molecule has 1 unspecified atom stereocenters. The molecule has 20 heavy (non-hydrogen) atoms. The van der Waals surface area contributed by atoms with Gasteiger partial charge in [0.25, 0.3) is 0 Å². The molecule has 0 aliphatic rings. The molecule has 4 nitrogen and oxygen atoms in total. The van der Waals surface area contributed by atoms with Gasteiger partial charge in [0.1, 0.15) is 5.60 Å². The molecule has 5 heteroatoms. The highest BCUT2D eigenvalue weighted by atomic mass is 35.5. The van der Waals surface area contributed by atoms with Crippen LogP contribution in [0.25, 0.3) is 0 Å². The molecule has 0 amide bonds. The van der Waals surface area contributed by atoms with E-state index in [0.717, 1.165) is 11.3 Å². The SMILES string of the molecule is Cc1cnc(NCC(C)(O)c2ccccc2Cl)nc1C. The second-order valence-electron chi connectivity index (χ2n) is 5.07. The van der Waals surface area contributed by atoms with E-state index in [1.165, 1.54) is 0 Å². The molecule has 0 saturated carbocycles. The van der Waals surface area contributed by atoms with Gasteiger partial charge in [0.05, 0.1) is 6.54 Å². The molecule has 0 spiro atoms. The quantitative estimate of drug-likeness (QED) is 0.909. The first-order valence-corrected chi connectivity index (χ1v) is 6.79. The van der Waals surface area contributed by atoms with E-state index < -0.39 is 5.60 Å². The van der Waals surface area contributed by atoms with Crippen LogP contribution in [0, 0.1) is 13.8 Å². The third kappa shape index (κ3) is 3.26. The second-order valence-corrected chi connectivity index (χ2v) is 5.48.